The molecule has 0 atom stereocenters. The molecule has 0 N–H and O–H groups in total. The largest absolute Gasteiger partial charge is 0.297 e. The van der Waals surface area contributed by atoms with E-state index >= 15 is 0 Å². The van der Waals surface area contributed by atoms with Gasteiger partial charge in [-0.25, -0.2) is 4.39 Å². The SMILES string of the molecule is CC(C)(C)C1CCC(=C(F)CN2CCCC2)CC1. The van der Waals surface area contributed by atoms with Gasteiger partial charge in [0.15, 0.2) is 0 Å². The van der Waals surface area contributed by atoms with Crippen LogP contribution in [0.4, 0.5) is 4.39 Å². The number of halogens is 1. The Morgan fingerprint density at radius 1 is 1.17 bits per heavy atom. The van der Waals surface area contributed by atoms with Gasteiger partial charge >= 0.3 is 0 Å². The van der Waals surface area contributed by atoms with Gasteiger partial charge in [-0.1, -0.05) is 20.8 Å². The number of likely N-dealkylation sites (tertiary alicyclic amines) is 1. The van der Waals surface area contributed by atoms with Crippen molar-refractivity contribution >= 4 is 0 Å². The fourth-order valence-electron chi connectivity index (χ4n) is 3.35. The van der Waals surface area contributed by atoms with Crippen molar-refractivity contribution in [1.82, 2.24) is 4.90 Å². The van der Waals surface area contributed by atoms with Gasteiger partial charge in [0.25, 0.3) is 0 Å². The Morgan fingerprint density at radius 3 is 2.22 bits per heavy atom. The van der Waals surface area contributed by atoms with Crippen LogP contribution in [0.1, 0.15) is 59.3 Å². The van der Waals surface area contributed by atoms with E-state index in [0.717, 1.165) is 37.4 Å². The summed E-state index contributed by atoms with van der Waals surface area (Å²) >= 11 is 0. The molecule has 1 saturated heterocycles. The van der Waals surface area contributed by atoms with E-state index < -0.39 is 0 Å². The fraction of sp³-hybridized carbons (Fsp3) is 0.875. The van der Waals surface area contributed by atoms with Crippen LogP contribution in [-0.2, 0) is 0 Å². The molecule has 1 saturated carbocycles. The predicted molar refractivity (Wildman–Crippen MR) is 75.2 cm³/mol. The monoisotopic (exact) mass is 253 g/mol. The summed E-state index contributed by atoms with van der Waals surface area (Å²) in [5.74, 6) is 0.949. The smallest absolute Gasteiger partial charge is 0.113 e. The topological polar surface area (TPSA) is 3.24 Å². The van der Waals surface area contributed by atoms with Crippen molar-refractivity contribution in [3.05, 3.63) is 11.4 Å². The van der Waals surface area contributed by atoms with E-state index in [9.17, 15) is 4.39 Å². The van der Waals surface area contributed by atoms with Crippen molar-refractivity contribution in [2.45, 2.75) is 59.3 Å². The second kappa shape index (κ2) is 5.73. The van der Waals surface area contributed by atoms with Crippen LogP contribution in [0.3, 0.4) is 0 Å². The van der Waals surface area contributed by atoms with E-state index in [4.69, 9.17) is 0 Å². The summed E-state index contributed by atoms with van der Waals surface area (Å²) in [6.45, 7) is 9.69. The Bertz CT molecular complexity index is 298. The van der Waals surface area contributed by atoms with E-state index in [1.165, 1.54) is 25.7 Å². The molecule has 0 aromatic rings. The Morgan fingerprint density at radius 2 is 1.72 bits per heavy atom. The highest BCUT2D eigenvalue weighted by atomic mass is 19.1. The number of hydrogen-bond acceptors (Lipinski definition) is 1. The van der Waals surface area contributed by atoms with Crippen molar-refractivity contribution in [2.75, 3.05) is 19.6 Å². The summed E-state index contributed by atoms with van der Waals surface area (Å²) in [5.41, 5.74) is 1.50. The molecule has 0 aromatic heterocycles. The summed E-state index contributed by atoms with van der Waals surface area (Å²) < 4.78 is 14.2. The number of allylic oxidation sites excluding steroid dienone is 1. The lowest BCUT2D eigenvalue weighted by atomic mass is 9.71. The lowest BCUT2D eigenvalue weighted by molar-refractivity contribution is 0.194. The summed E-state index contributed by atoms with van der Waals surface area (Å²) in [6.07, 6.45) is 6.81. The Balaban J connectivity index is 1.87. The fourth-order valence-corrected chi connectivity index (χ4v) is 3.35. The minimum atomic E-state index is 0.184. The molecule has 2 heteroatoms. The van der Waals surface area contributed by atoms with Crippen molar-refractivity contribution in [3.63, 3.8) is 0 Å². The third kappa shape index (κ3) is 3.57. The summed E-state index contributed by atoms with van der Waals surface area (Å²) in [5, 5.41) is 0. The molecular weight excluding hydrogens is 225 g/mol. The first-order chi connectivity index (χ1) is 8.47. The van der Waals surface area contributed by atoms with Gasteiger partial charge in [-0.15, -0.1) is 0 Å². The average molecular weight is 253 g/mol. The second-order valence-corrected chi connectivity index (χ2v) is 7.13. The number of hydrogen-bond donors (Lipinski definition) is 0. The lowest BCUT2D eigenvalue weighted by Crippen LogP contribution is -2.25. The molecule has 0 unspecified atom stereocenters. The summed E-state index contributed by atoms with van der Waals surface area (Å²) in [4.78, 5) is 2.26. The zero-order valence-electron chi connectivity index (χ0n) is 12.3. The van der Waals surface area contributed by atoms with Gasteiger partial charge in [0.1, 0.15) is 5.83 Å². The molecule has 2 fully saturated rings. The summed E-state index contributed by atoms with van der Waals surface area (Å²) in [6, 6.07) is 0. The van der Waals surface area contributed by atoms with Crippen LogP contribution >= 0.6 is 0 Å². The quantitative estimate of drug-likeness (QED) is 0.698. The first-order valence-corrected chi connectivity index (χ1v) is 7.55. The van der Waals surface area contributed by atoms with Crippen molar-refractivity contribution < 1.29 is 4.39 Å². The van der Waals surface area contributed by atoms with Crippen molar-refractivity contribution in [1.29, 1.82) is 0 Å². The molecule has 2 aliphatic rings. The second-order valence-electron chi connectivity index (χ2n) is 7.13. The molecule has 104 valence electrons. The van der Waals surface area contributed by atoms with Crippen LogP contribution in [0.2, 0.25) is 0 Å². The zero-order valence-corrected chi connectivity index (χ0v) is 12.3. The maximum Gasteiger partial charge on any atom is 0.113 e. The first kappa shape index (κ1) is 14.0. The minimum absolute atomic E-state index is 0.184. The van der Waals surface area contributed by atoms with E-state index in [1.54, 1.807) is 0 Å². The Hall–Kier alpha value is -0.370. The Kier molecular flexibility index (Phi) is 4.47. The summed E-state index contributed by atoms with van der Waals surface area (Å²) in [7, 11) is 0. The van der Waals surface area contributed by atoms with E-state index in [1.807, 2.05) is 0 Å². The van der Waals surface area contributed by atoms with Crippen LogP contribution in [-0.4, -0.2) is 24.5 Å². The predicted octanol–water partition coefficient (Wildman–Crippen LogP) is 4.54. The van der Waals surface area contributed by atoms with Gasteiger partial charge in [0, 0.05) is 0 Å². The molecular formula is C16H28FN. The molecule has 2 rings (SSSR count). The number of nitrogens with zero attached hydrogens (tertiary/aromatic N) is 1. The average Bonchev–Trinajstić information content (AvgIpc) is 2.81. The molecule has 1 aliphatic heterocycles. The molecule has 0 spiro atoms. The van der Waals surface area contributed by atoms with Gasteiger partial charge in [0.2, 0.25) is 0 Å². The zero-order chi connectivity index (χ0) is 13.2. The molecule has 1 heterocycles. The third-order valence-corrected chi connectivity index (χ3v) is 4.76. The lowest BCUT2D eigenvalue weighted by Gasteiger charge is -2.35. The van der Waals surface area contributed by atoms with Gasteiger partial charge in [-0.05, 0) is 68.5 Å². The van der Waals surface area contributed by atoms with E-state index in [2.05, 4.69) is 25.7 Å². The number of rotatable bonds is 2. The van der Waals surface area contributed by atoms with Crippen LogP contribution in [0, 0.1) is 11.3 Å². The first-order valence-electron chi connectivity index (χ1n) is 7.55. The van der Waals surface area contributed by atoms with Crippen LogP contribution in [0.25, 0.3) is 0 Å². The normalized spacial score (nSPS) is 26.7. The molecule has 0 amide bonds. The molecule has 18 heavy (non-hydrogen) atoms. The minimum Gasteiger partial charge on any atom is -0.297 e. The van der Waals surface area contributed by atoms with Gasteiger partial charge in [-0.3, -0.25) is 4.90 Å². The van der Waals surface area contributed by atoms with Crippen LogP contribution < -0.4 is 0 Å². The maximum atomic E-state index is 14.2. The molecule has 1 nitrogen and oxygen atoms in total. The van der Waals surface area contributed by atoms with E-state index in [-0.39, 0.29) is 5.83 Å². The van der Waals surface area contributed by atoms with Crippen molar-refractivity contribution in [2.24, 2.45) is 11.3 Å². The highest BCUT2D eigenvalue weighted by molar-refractivity contribution is 5.12. The molecule has 1 aliphatic carbocycles. The van der Waals surface area contributed by atoms with Crippen LogP contribution in [0.5, 0.6) is 0 Å². The highest BCUT2D eigenvalue weighted by Crippen LogP contribution is 2.40. The van der Waals surface area contributed by atoms with Gasteiger partial charge in [0.05, 0.1) is 6.54 Å². The highest BCUT2D eigenvalue weighted by Gasteiger charge is 2.28. The maximum absolute atomic E-state index is 14.2. The van der Waals surface area contributed by atoms with Crippen LogP contribution in [0.15, 0.2) is 11.4 Å². The third-order valence-electron chi connectivity index (χ3n) is 4.76. The molecule has 0 bridgehead atoms. The van der Waals surface area contributed by atoms with E-state index in [0.29, 0.717) is 12.0 Å². The molecule has 0 radical (unpaired) electrons. The Labute approximate surface area is 111 Å². The van der Waals surface area contributed by atoms with Crippen molar-refractivity contribution in [3.8, 4) is 0 Å². The van der Waals surface area contributed by atoms with Gasteiger partial charge in [-0.2, -0.15) is 0 Å². The molecule has 0 aromatic carbocycles. The standard InChI is InChI=1S/C16H28FN/c1-16(2,3)14-8-6-13(7-9-14)15(17)12-18-10-4-5-11-18/h14H,4-12H2,1-3H3. The van der Waals surface area contributed by atoms with Gasteiger partial charge < -0.3 is 0 Å².